The second-order valence-electron chi connectivity index (χ2n) is 7.53. The first-order chi connectivity index (χ1) is 22.7. The Bertz CT molecular complexity index is 743. The van der Waals surface area contributed by atoms with Gasteiger partial charge in [0.25, 0.3) is 5.24 Å². The lowest BCUT2D eigenvalue weighted by Gasteiger charge is -2.06. The lowest BCUT2D eigenvalue weighted by Crippen LogP contribution is -2.25. The average Bonchev–Trinajstić information content (AvgIpc) is 3.05. The zero-order chi connectivity index (χ0) is 33.4. The van der Waals surface area contributed by atoms with Gasteiger partial charge in [0.15, 0.2) is 0 Å². The Balaban J connectivity index is 3.27. The summed E-state index contributed by atoms with van der Waals surface area (Å²) >= 11 is 14.3. The molecule has 0 aromatic heterocycles. The maximum Gasteiger partial charge on any atom is 0.407 e. The predicted molar refractivity (Wildman–Crippen MR) is 210 cm³/mol. The van der Waals surface area contributed by atoms with Crippen LogP contribution in [-0.2, 0) is 24.3 Å². The Labute approximate surface area is 310 Å². The van der Waals surface area contributed by atoms with Crippen LogP contribution in [0.25, 0.3) is 0 Å². The number of amides is 2. The van der Waals surface area contributed by atoms with Crippen molar-refractivity contribution in [3.63, 3.8) is 0 Å². The van der Waals surface area contributed by atoms with Crippen molar-refractivity contribution in [3.8, 4) is 0 Å². The van der Waals surface area contributed by atoms with Crippen molar-refractivity contribution in [1.29, 1.82) is 0 Å². The Morgan fingerprint density at radius 2 is 1.17 bits per heavy atom. The van der Waals surface area contributed by atoms with E-state index in [1.807, 2.05) is 0 Å². The first-order valence-electron chi connectivity index (χ1n) is 13.9. The average molecular weight is 823 g/mol. The molecule has 0 rings (SSSR count). The zero-order valence-electron chi connectivity index (χ0n) is 25.6. The van der Waals surface area contributed by atoms with Crippen LogP contribution in [0.3, 0.4) is 0 Å². The number of carbonyl (C=O) groups is 2. The van der Waals surface area contributed by atoms with Gasteiger partial charge < -0.3 is 35.4 Å². The molecule has 0 aliphatic carbocycles. The third kappa shape index (κ3) is 40.8. The number of rotatable bonds is 35. The minimum absolute atomic E-state index is 0.0133. The summed E-state index contributed by atoms with van der Waals surface area (Å²) in [6.45, 7) is 1.09. The Morgan fingerprint density at radius 3 is 1.85 bits per heavy atom. The quantitative estimate of drug-likeness (QED) is 0.0173. The van der Waals surface area contributed by atoms with E-state index in [1.165, 1.54) is 36.3 Å². The van der Waals surface area contributed by atoms with Crippen molar-refractivity contribution in [2.24, 2.45) is 9.98 Å². The largest absolute Gasteiger partial charge is 0.449 e. The van der Waals surface area contributed by atoms with E-state index in [-0.39, 0.29) is 18.5 Å². The molecule has 22 heteroatoms. The van der Waals surface area contributed by atoms with Gasteiger partial charge in [-0.15, -0.1) is 70.6 Å². The molecule has 270 valence electrons. The number of carbonyl (C=O) groups excluding carboxylic acids is 2. The number of aliphatic hydroxyl groups is 2. The first-order valence-corrected chi connectivity index (χ1v) is 24.1. The van der Waals surface area contributed by atoms with E-state index in [1.54, 1.807) is 82.3 Å². The van der Waals surface area contributed by atoms with Gasteiger partial charge in [-0.25, -0.2) is 14.8 Å². The lowest BCUT2D eigenvalue weighted by atomic mass is 10.8. The van der Waals surface area contributed by atoms with Gasteiger partial charge in [-0.2, -0.15) is 33.3 Å². The van der Waals surface area contributed by atoms with Crippen molar-refractivity contribution >= 4 is 130 Å². The molecule has 0 fully saturated rings. The second kappa shape index (κ2) is 41.8. The molecule has 0 heterocycles. The molecule has 46 heavy (non-hydrogen) atoms. The molecule has 0 saturated heterocycles. The van der Waals surface area contributed by atoms with Gasteiger partial charge >= 0.3 is 6.09 Å². The Hall–Kier alpha value is 0.670. The number of hydrogen-bond acceptors (Lipinski definition) is 20. The fraction of sp³-hybridized carbons (Fsp3) is 0.833. The molecule has 0 saturated carbocycles. The Kier molecular flexibility index (Phi) is 42.4. The van der Waals surface area contributed by atoms with Crippen LogP contribution >= 0.6 is 106 Å². The van der Waals surface area contributed by atoms with Gasteiger partial charge in [-0.3, -0.25) is 4.79 Å². The highest BCUT2D eigenvalue weighted by Crippen LogP contribution is 2.15. The van der Waals surface area contributed by atoms with E-state index < -0.39 is 6.09 Å². The van der Waals surface area contributed by atoms with Gasteiger partial charge in [0, 0.05) is 62.6 Å². The zero-order valence-corrected chi connectivity index (χ0v) is 33.0. The third-order valence-electron chi connectivity index (χ3n) is 4.10. The van der Waals surface area contributed by atoms with E-state index in [4.69, 9.17) is 34.5 Å². The number of aliphatic hydroxyl groups excluding tert-OH is 2. The second-order valence-corrected chi connectivity index (χ2v) is 17.8. The van der Waals surface area contributed by atoms with Gasteiger partial charge in [0.1, 0.15) is 19.2 Å². The summed E-state index contributed by atoms with van der Waals surface area (Å²) < 4.78 is 5.02. The van der Waals surface area contributed by atoms with Crippen molar-refractivity contribution < 1.29 is 44.1 Å². The number of alkyl carbamates (subject to hydrolysis) is 1. The highest BCUT2D eigenvalue weighted by Gasteiger charge is 2.02. The summed E-state index contributed by atoms with van der Waals surface area (Å²) in [4.78, 5) is 51.3. The summed E-state index contributed by atoms with van der Waals surface area (Å²) in [6, 6.07) is 0. The molecule has 0 aromatic carbocycles. The van der Waals surface area contributed by atoms with E-state index in [2.05, 4.69) is 20.6 Å². The van der Waals surface area contributed by atoms with E-state index in [9.17, 15) is 9.59 Å². The van der Waals surface area contributed by atoms with Crippen molar-refractivity contribution in [3.05, 3.63) is 0 Å². The Morgan fingerprint density at radius 1 is 0.609 bits per heavy atom. The first kappa shape index (κ1) is 46.7. The number of nitrogens with one attached hydrogen (secondary N) is 2. The number of aliphatic imine (C=N–C) groups is 2. The van der Waals surface area contributed by atoms with Crippen LogP contribution in [0.1, 0.15) is 0 Å². The van der Waals surface area contributed by atoms with Crippen LogP contribution in [0.15, 0.2) is 9.98 Å². The van der Waals surface area contributed by atoms with E-state index in [0.717, 1.165) is 40.3 Å². The van der Waals surface area contributed by atoms with Gasteiger partial charge in [0.2, 0.25) is 12.8 Å². The van der Waals surface area contributed by atoms with Crippen molar-refractivity contribution in [2.45, 2.75) is 0 Å². The highest BCUT2D eigenvalue weighted by molar-refractivity contribution is 8.24. The van der Waals surface area contributed by atoms with Gasteiger partial charge in [0.05, 0.1) is 36.7 Å². The highest BCUT2D eigenvalue weighted by atomic mass is 32.2. The van der Waals surface area contributed by atoms with Crippen molar-refractivity contribution in [1.82, 2.24) is 10.6 Å². The number of thioether (sulfide) groups is 9. The summed E-state index contributed by atoms with van der Waals surface area (Å²) in [5.74, 6) is 10.8. The van der Waals surface area contributed by atoms with E-state index in [0.29, 0.717) is 65.0 Å². The van der Waals surface area contributed by atoms with Crippen LogP contribution in [0.4, 0.5) is 9.59 Å². The van der Waals surface area contributed by atoms with Crippen LogP contribution in [0.5, 0.6) is 0 Å². The van der Waals surface area contributed by atoms with Gasteiger partial charge in [-0.1, -0.05) is 11.8 Å². The molecule has 0 aromatic rings. The van der Waals surface area contributed by atoms with Crippen LogP contribution in [-0.4, -0.2) is 153 Å². The molecule has 0 aliphatic rings. The molecule has 0 aliphatic heterocycles. The fourth-order valence-corrected chi connectivity index (χ4v) is 9.13. The molecule has 13 nitrogen and oxygen atoms in total. The molecule has 0 radical (unpaired) electrons. The monoisotopic (exact) mass is 822 g/mol. The standard InChI is InChI=1S/C24H46N4O9S9/c29-1-5-38-7-3-33-23(31)27-19-42-11-9-40-18-26-16-36-37-21-44-13-14-45-22-46-24(32)28-20-43-12-10-41-17-25-15-35-34-4-8-39-6-2-30/h15-16,29-30H,1-14,17-22H2,(H,27,31)(H,28,32). The minimum atomic E-state index is -0.421. The molecule has 2 amide bonds. The van der Waals surface area contributed by atoms with Crippen LogP contribution in [0.2, 0.25) is 0 Å². The van der Waals surface area contributed by atoms with Gasteiger partial charge in [-0.05, 0) is 0 Å². The summed E-state index contributed by atoms with van der Waals surface area (Å²) in [7, 11) is 0. The molecule has 0 unspecified atom stereocenters. The van der Waals surface area contributed by atoms with Crippen LogP contribution < -0.4 is 10.6 Å². The molecular weight excluding hydrogens is 777 g/mol. The molecule has 4 N–H and O–H groups in total. The number of hydrogen-bond donors (Lipinski definition) is 4. The van der Waals surface area contributed by atoms with E-state index >= 15 is 0 Å². The summed E-state index contributed by atoms with van der Waals surface area (Å²) in [5, 5.41) is 23.6. The topological polar surface area (TPSA) is 170 Å². The van der Waals surface area contributed by atoms with Crippen LogP contribution in [0, 0.1) is 0 Å². The fourth-order valence-electron chi connectivity index (χ4n) is 2.18. The summed E-state index contributed by atoms with van der Waals surface area (Å²) in [5.41, 5.74) is 0. The summed E-state index contributed by atoms with van der Waals surface area (Å²) in [6.07, 6.45) is 2.17. The van der Waals surface area contributed by atoms with Crippen molar-refractivity contribution in [2.75, 3.05) is 118 Å². The minimum Gasteiger partial charge on any atom is -0.449 e. The SMILES string of the molecule is O=C(NCSCCSCN=COOCSCCSCSC(=O)NCSCCSCN=COOCCSCCO)OCCSCCO. The normalized spacial score (nSPS) is 11.3. The smallest absolute Gasteiger partial charge is 0.407 e. The predicted octanol–water partition coefficient (Wildman–Crippen LogP) is 4.70. The number of ether oxygens (including phenoxy) is 1. The lowest BCUT2D eigenvalue weighted by molar-refractivity contribution is -0.210. The maximum atomic E-state index is 11.9. The number of nitrogens with zero attached hydrogens (tertiary/aromatic N) is 2. The molecule has 0 atom stereocenters. The molecular formula is C24H46N4O9S9. The molecule has 0 bridgehead atoms. The molecule has 0 spiro atoms. The maximum absolute atomic E-state index is 11.9. The third-order valence-corrected chi connectivity index (χ3v) is 12.9.